The Morgan fingerprint density at radius 3 is 1.47 bits per heavy atom. The Labute approximate surface area is 360 Å². The first kappa shape index (κ1) is 35.7. The number of hydrogen-bond acceptors (Lipinski definition) is 1. The molecule has 0 saturated heterocycles. The van der Waals surface area contributed by atoms with Crippen molar-refractivity contribution in [2.24, 2.45) is 0 Å². The molecular weight excluding hydrogens is 749 g/mol. The minimum Gasteiger partial charge on any atom is -0.310 e. The summed E-state index contributed by atoms with van der Waals surface area (Å²) in [7, 11) is 0. The van der Waals surface area contributed by atoms with Crippen LogP contribution < -0.4 is 4.90 Å². The van der Waals surface area contributed by atoms with Crippen LogP contribution in [0.2, 0.25) is 0 Å². The Morgan fingerprint density at radius 1 is 0.258 bits per heavy atom. The number of nitrogens with zero attached hydrogens (tertiary/aromatic N) is 2. The number of aromatic nitrogens is 1. The van der Waals surface area contributed by atoms with Crippen molar-refractivity contribution in [3.05, 3.63) is 243 Å². The van der Waals surface area contributed by atoms with Gasteiger partial charge >= 0.3 is 0 Å². The molecule has 12 rings (SSSR count). The lowest BCUT2D eigenvalue weighted by Gasteiger charge is -2.26. The van der Waals surface area contributed by atoms with Gasteiger partial charge in [-0.15, -0.1) is 0 Å². The second-order valence-corrected chi connectivity index (χ2v) is 16.1. The number of rotatable bonds is 7. The van der Waals surface area contributed by atoms with E-state index < -0.39 is 0 Å². The molecular formula is C60H40N2. The summed E-state index contributed by atoms with van der Waals surface area (Å²) in [5.74, 6) is 0. The zero-order chi connectivity index (χ0) is 41.0. The molecule has 0 aliphatic heterocycles. The van der Waals surface area contributed by atoms with Crippen LogP contribution in [0.1, 0.15) is 0 Å². The molecule has 12 aromatic rings. The molecule has 11 aromatic carbocycles. The summed E-state index contributed by atoms with van der Waals surface area (Å²) in [6.45, 7) is 0. The van der Waals surface area contributed by atoms with E-state index in [1.807, 2.05) is 0 Å². The molecule has 0 spiro atoms. The first-order chi connectivity index (χ1) is 30.7. The van der Waals surface area contributed by atoms with Gasteiger partial charge in [-0.1, -0.05) is 182 Å². The predicted molar refractivity (Wildman–Crippen MR) is 264 cm³/mol. The van der Waals surface area contributed by atoms with Crippen molar-refractivity contribution in [3.8, 4) is 39.1 Å². The van der Waals surface area contributed by atoms with Gasteiger partial charge in [0, 0.05) is 33.4 Å². The fourth-order valence-corrected chi connectivity index (χ4v) is 9.60. The smallest absolute Gasteiger partial charge is 0.0541 e. The average Bonchev–Trinajstić information content (AvgIpc) is 3.68. The van der Waals surface area contributed by atoms with Gasteiger partial charge in [0.15, 0.2) is 0 Å². The normalized spacial score (nSPS) is 11.5. The van der Waals surface area contributed by atoms with E-state index in [1.54, 1.807) is 0 Å². The van der Waals surface area contributed by atoms with Crippen LogP contribution in [0.5, 0.6) is 0 Å². The third-order valence-corrected chi connectivity index (χ3v) is 12.6. The molecule has 0 saturated carbocycles. The van der Waals surface area contributed by atoms with Crippen molar-refractivity contribution in [1.82, 2.24) is 4.57 Å². The Hall–Kier alpha value is -8.20. The maximum absolute atomic E-state index is 2.42. The van der Waals surface area contributed by atoms with E-state index in [9.17, 15) is 0 Å². The summed E-state index contributed by atoms with van der Waals surface area (Å²) in [6.07, 6.45) is 0. The highest BCUT2D eigenvalue weighted by Gasteiger charge is 2.19. The van der Waals surface area contributed by atoms with Crippen molar-refractivity contribution < 1.29 is 0 Å². The van der Waals surface area contributed by atoms with Gasteiger partial charge < -0.3 is 9.47 Å². The Kier molecular flexibility index (Phi) is 8.53. The van der Waals surface area contributed by atoms with E-state index in [0.29, 0.717) is 0 Å². The number of hydrogen-bond donors (Lipinski definition) is 0. The third kappa shape index (κ3) is 6.04. The third-order valence-electron chi connectivity index (χ3n) is 12.6. The second kappa shape index (κ2) is 14.8. The molecule has 0 unspecified atom stereocenters. The Bertz CT molecular complexity index is 3580. The Balaban J connectivity index is 0.937. The van der Waals surface area contributed by atoms with E-state index in [1.165, 1.54) is 87.5 Å². The Morgan fingerprint density at radius 2 is 0.742 bits per heavy atom. The number of para-hydroxylation sites is 3. The molecule has 1 heterocycles. The molecule has 290 valence electrons. The van der Waals surface area contributed by atoms with E-state index in [-0.39, 0.29) is 0 Å². The summed E-state index contributed by atoms with van der Waals surface area (Å²) in [6, 6.07) is 88.5. The van der Waals surface area contributed by atoms with Crippen LogP contribution in [-0.2, 0) is 0 Å². The van der Waals surface area contributed by atoms with Gasteiger partial charge in [-0.3, -0.25) is 0 Å². The maximum atomic E-state index is 2.42. The van der Waals surface area contributed by atoms with Crippen LogP contribution in [0.3, 0.4) is 0 Å². The number of fused-ring (bicyclic) bond motifs is 7. The highest BCUT2D eigenvalue weighted by atomic mass is 15.1. The standard InChI is InChI=1S/C60H40N2/c1-2-15-45-40-50(37-29-41(45)13-1)61(48-33-27-42(28-34-48)46-32-38-53-47(39-46)26-25-43-14-3-4-16-51(43)53)49-35-30-44(31-36-49)52-17-5-6-18-54(52)55-19-7-10-22-58(55)62-59-23-11-8-20-56(59)57-21-9-12-24-60(57)62/h1-40H. The second-order valence-electron chi connectivity index (χ2n) is 16.1. The quantitative estimate of drug-likeness (QED) is 0.146. The zero-order valence-electron chi connectivity index (χ0n) is 34.0. The van der Waals surface area contributed by atoms with Crippen LogP contribution in [0.15, 0.2) is 243 Å². The molecule has 0 amide bonds. The van der Waals surface area contributed by atoms with Gasteiger partial charge in [0.1, 0.15) is 0 Å². The minimum absolute atomic E-state index is 1.09. The molecule has 0 fully saturated rings. The van der Waals surface area contributed by atoms with Gasteiger partial charge in [-0.05, 0) is 121 Å². The van der Waals surface area contributed by atoms with Gasteiger partial charge in [0.2, 0.25) is 0 Å². The summed E-state index contributed by atoms with van der Waals surface area (Å²) in [5, 5.41) is 10.0. The lowest BCUT2D eigenvalue weighted by molar-refractivity contribution is 1.18. The number of anilines is 3. The molecule has 62 heavy (non-hydrogen) atoms. The molecule has 0 radical (unpaired) electrons. The lowest BCUT2D eigenvalue weighted by atomic mass is 9.93. The average molecular weight is 789 g/mol. The minimum atomic E-state index is 1.09. The van der Waals surface area contributed by atoms with Crippen LogP contribution in [-0.4, -0.2) is 4.57 Å². The van der Waals surface area contributed by atoms with E-state index >= 15 is 0 Å². The fraction of sp³-hybridized carbons (Fsp3) is 0. The van der Waals surface area contributed by atoms with Crippen molar-refractivity contribution in [3.63, 3.8) is 0 Å². The maximum Gasteiger partial charge on any atom is 0.0541 e. The zero-order valence-corrected chi connectivity index (χ0v) is 34.0. The molecule has 0 bridgehead atoms. The van der Waals surface area contributed by atoms with E-state index in [2.05, 4.69) is 252 Å². The molecule has 0 aliphatic rings. The van der Waals surface area contributed by atoms with E-state index in [0.717, 1.165) is 22.7 Å². The van der Waals surface area contributed by atoms with Gasteiger partial charge in [0.25, 0.3) is 0 Å². The topological polar surface area (TPSA) is 8.17 Å². The molecule has 0 aliphatic carbocycles. The molecule has 1 aromatic heterocycles. The van der Waals surface area contributed by atoms with Crippen molar-refractivity contribution in [2.45, 2.75) is 0 Å². The van der Waals surface area contributed by atoms with Gasteiger partial charge in [0.05, 0.1) is 16.7 Å². The highest BCUT2D eigenvalue weighted by Crippen LogP contribution is 2.42. The first-order valence-corrected chi connectivity index (χ1v) is 21.3. The predicted octanol–water partition coefficient (Wildman–Crippen LogP) is 16.7. The number of benzene rings is 11. The van der Waals surface area contributed by atoms with Crippen LogP contribution in [0.4, 0.5) is 17.1 Å². The summed E-state index contributed by atoms with van der Waals surface area (Å²) >= 11 is 0. The first-order valence-electron chi connectivity index (χ1n) is 21.3. The van der Waals surface area contributed by atoms with Crippen LogP contribution in [0.25, 0.3) is 93.2 Å². The molecule has 2 nitrogen and oxygen atoms in total. The lowest BCUT2D eigenvalue weighted by Crippen LogP contribution is -2.09. The van der Waals surface area contributed by atoms with Crippen LogP contribution >= 0.6 is 0 Å². The molecule has 0 N–H and O–H groups in total. The summed E-state index contributed by atoms with van der Waals surface area (Å²) < 4.78 is 2.42. The van der Waals surface area contributed by atoms with Crippen molar-refractivity contribution in [1.29, 1.82) is 0 Å². The summed E-state index contributed by atoms with van der Waals surface area (Å²) in [5.41, 5.74) is 14.0. The van der Waals surface area contributed by atoms with Crippen molar-refractivity contribution >= 4 is 71.2 Å². The fourth-order valence-electron chi connectivity index (χ4n) is 9.60. The monoisotopic (exact) mass is 788 g/mol. The van der Waals surface area contributed by atoms with Gasteiger partial charge in [-0.25, -0.2) is 0 Å². The largest absolute Gasteiger partial charge is 0.310 e. The van der Waals surface area contributed by atoms with E-state index in [4.69, 9.17) is 0 Å². The SMILES string of the molecule is c1ccc(-c2ccccc2-n2c3ccccc3c3ccccc32)c(-c2ccc(N(c3ccc(-c4ccc5c(ccc6ccccc65)c4)cc3)c3ccc4ccccc4c3)cc2)c1. The molecule has 2 heteroatoms. The van der Waals surface area contributed by atoms with Crippen molar-refractivity contribution in [2.75, 3.05) is 4.90 Å². The molecule has 0 atom stereocenters. The summed E-state index contributed by atoms with van der Waals surface area (Å²) in [4.78, 5) is 2.37. The van der Waals surface area contributed by atoms with Crippen LogP contribution in [0, 0.1) is 0 Å². The highest BCUT2D eigenvalue weighted by molar-refractivity contribution is 6.10. The van der Waals surface area contributed by atoms with Gasteiger partial charge in [-0.2, -0.15) is 0 Å².